The molecule has 0 bridgehead atoms. The van der Waals surface area contributed by atoms with Gasteiger partial charge >= 0.3 is 5.97 Å². The van der Waals surface area contributed by atoms with Crippen LogP contribution in [0.25, 0.3) is 0 Å². The average molecular weight is 388 g/mol. The fourth-order valence-corrected chi connectivity index (χ4v) is 5.04. The van der Waals surface area contributed by atoms with Gasteiger partial charge in [-0.15, -0.1) is 0 Å². The molecule has 2 N–H and O–H groups in total. The van der Waals surface area contributed by atoms with E-state index in [0.717, 1.165) is 0 Å². The lowest BCUT2D eigenvalue weighted by Crippen LogP contribution is -2.42. The molecular weight excluding hydrogens is 370 g/mol. The molecule has 1 spiro atoms. The molecule has 3 rings (SSSR count). The predicted molar refractivity (Wildman–Crippen MR) is 92.1 cm³/mol. The van der Waals surface area contributed by atoms with Crippen molar-refractivity contribution in [2.75, 3.05) is 17.9 Å². The normalized spacial score (nSPS) is 22.6. The van der Waals surface area contributed by atoms with Crippen LogP contribution >= 0.6 is 11.6 Å². The fraction of sp³-hybridized carbons (Fsp3) is 0.438. The third-order valence-corrected chi connectivity index (χ3v) is 6.38. The average Bonchev–Trinajstić information content (AvgIpc) is 2.98. The first kappa shape index (κ1) is 18.2. The molecule has 7 nitrogen and oxygen atoms in total. The molecule has 1 unspecified atom stereocenters. The number of rotatable bonds is 4. The van der Waals surface area contributed by atoms with Gasteiger partial charge in [0.1, 0.15) is 5.25 Å². The first-order valence-electron chi connectivity index (χ1n) is 7.75. The van der Waals surface area contributed by atoms with Crippen LogP contribution in [0.5, 0.6) is 0 Å². The number of carbonyl (C=O) groups is 1. The van der Waals surface area contributed by atoms with Gasteiger partial charge in [-0.25, -0.2) is 13.2 Å². The Hall–Kier alpha value is -1.61. The number of carboxylic acids is 1. The van der Waals surface area contributed by atoms with Crippen molar-refractivity contribution in [3.63, 3.8) is 0 Å². The van der Waals surface area contributed by atoms with Crippen molar-refractivity contribution in [1.29, 1.82) is 0 Å². The quantitative estimate of drug-likeness (QED) is 0.821. The van der Waals surface area contributed by atoms with Gasteiger partial charge in [-0.05, 0) is 31.1 Å². The summed E-state index contributed by atoms with van der Waals surface area (Å²) < 4.78 is 39.0. The minimum Gasteiger partial charge on any atom is -0.478 e. The van der Waals surface area contributed by atoms with Crippen molar-refractivity contribution in [3.05, 3.63) is 40.4 Å². The van der Waals surface area contributed by atoms with Gasteiger partial charge in [-0.1, -0.05) is 23.7 Å². The predicted octanol–water partition coefficient (Wildman–Crippen LogP) is 2.31. The minimum atomic E-state index is -4.02. The molecule has 1 atom stereocenters. The lowest BCUT2D eigenvalue weighted by atomic mass is 9.94. The van der Waals surface area contributed by atoms with E-state index in [9.17, 15) is 18.3 Å². The van der Waals surface area contributed by atoms with Gasteiger partial charge in [-0.3, -0.25) is 4.72 Å². The zero-order valence-corrected chi connectivity index (χ0v) is 15.1. The van der Waals surface area contributed by atoms with Crippen LogP contribution in [0, 0.1) is 6.92 Å². The van der Waals surface area contributed by atoms with Gasteiger partial charge in [0, 0.05) is 6.42 Å². The van der Waals surface area contributed by atoms with Crippen LogP contribution in [-0.4, -0.2) is 43.7 Å². The zero-order valence-electron chi connectivity index (χ0n) is 13.5. The number of aliphatic carboxylic acids is 1. The van der Waals surface area contributed by atoms with E-state index in [1.54, 1.807) is 25.1 Å². The smallest absolute Gasteiger partial charge is 0.332 e. The van der Waals surface area contributed by atoms with E-state index in [0.29, 0.717) is 18.8 Å². The Morgan fingerprint density at radius 2 is 2.04 bits per heavy atom. The fourth-order valence-electron chi connectivity index (χ4n) is 3.08. The second-order valence-corrected chi connectivity index (χ2v) is 8.29. The number of sulfonamides is 1. The largest absolute Gasteiger partial charge is 0.478 e. The standard InChI is InChI=1S/C16H18ClNO6S/c1-10-3-2-4-12(17)14(10)18-25(21,22)13-5-6-16(23-7-8-24-16)9-11(13)15(19)20/h2-4,9,13,18H,5-8H2,1H3,(H,19,20). The highest BCUT2D eigenvalue weighted by Gasteiger charge is 2.45. The first-order chi connectivity index (χ1) is 11.7. The number of carboxylic acid groups (broad SMARTS) is 1. The van der Waals surface area contributed by atoms with Gasteiger partial charge in [0.25, 0.3) is 0 Å². The monoisotopic (exact) mass is 387 g/mol. The topological polar surface area (TPSA) is 102 Å². The number of aryl methyl sites for hydroxylation is 1. The summed E-state index contributed by atoms with van der Waals surface area (Å²) in [5.41, 5.74) is 0.639. The Balaban J connectivity index is 1.95. The third kappa shape index (κ3) is 3.52. The summed E-state index contributed by atoms with van der Waals surface area (Å²) in [5.74, 6) is -2.45. The van der Waals surface area contributed by atoms with Gasteiger partial charge in [-0.2, -0.15) is 0 Å². The van der Waals surface area contributed by atoms with Gasteiger partial charge in [0.2, 0.25) is 10.0 Å². The molecule has 9 heteroatoms. The molecule has 1 aliphatic carbocycles. The molecule has 1 aliphatic heterocycles. The van der Waals surface area contributed by atoms with E-state index >= 15 is 0 Å². The number of para-hydroxylation sites is 1. The van der Waals surface area contributed by atoms with Crippen LogP contribution in [0.1, 0.15) is 18.4 Å². The van der Waals surface area contributed by atoms with E-state index in [4.69, 9.17) is 21.1 Å². The molecule has 0 saturated carbocycles. The molecule has 1 fully saturated rings. The van der Waals surface area contributed by atoms with Crippen LogP contribution in [0.4, 0.5) is 5.69 Å². The maximum atomic E-state index is 12.8. The lowest BCUT2D eigenvalue weighted by Gasteiger charge is -2.32. The number of hydrogen-bond acceptors (Lipinski definition) is 5. The Labute approximate surface area is 150 Å². The second kappa shape index (κ2) is 6.60. The van der Waals surface area contributed by atoms with Crippen molar-refractivity contribution < 1.29 is 27.8 Å². The van der Waals surface area contributed by atoms with Crippen molar-refractivity contribution in [2.24, 2.45) is 0 Å². The molecule has 25 heavy (non-hydrogen) atoms. The summed E-state index contributed by atoms with van der Waals surface area (Å²) in [6, 6.07) is 4.99. The Bertz CT molecular complexity index is 809. The Morgan fingerprint density at radius 3 is 2.64 bits per heavy atom. The second-order valence-electron chi connectivity index (χ2n) is 6.02. The molecule has 1 aromatic rings. The Kier molecular flexibility index (Phi) is 4.80. The highest BCUT2D eigenvalue weighted by atomic mass is 35.5. The molecule has 1 aromatic carbocycles. The van der Waals surface area contributed by atoms with Crippen molar-refractivity contribution in [3.8, 4) is 0 Å². The first-order valence-corrected chi connectivity index (χ1v) is 9.67. The SMILES string of the molecule is Cc1cccc(Cl)c1NS(=O)(=O)C1CCC2(C=C1C(=O)O)OCCO2. The molecule has 1 saturated heterocycles. The molecular formula is C16H18ClNO6S. The minimum absolute atomic E-state index is 0.0664. The molecule has 1 heterocycles. The van der Waals surface area contributed by atoms with Crippen LogP contribution in [0.15, 0.2) is 29.8 Å². The summed E-state index contributed by atoms with van der Waals surface area (Å²) in [4.78, 5) is 11.6. The van der Waals surface area contributed by atoms with Crippen LogP contribution in [0.3, 0.4) is 0 Å². The van der Waals surface area contributed by atoms with E-state index < -0.39 is 27.0 Å². The molecule has 0 aromatic heterocycles. The maximum Gasteiger partial charge on any atom is 0.332 e. The van der Waals surface area contributed by atoms with Gasteiger partial charge in [0.05, 0.1) is 29.5 Å². The number of hydrogen-bond donors (Lipinski definition) is 2. The van der Waals surface area contributed by atoms with Crippen LogP contribution in [0.2, 0.25) is 5.02 Å². The highest BCUT2D eigenvalue weighted by Crippen LogP contribution is 2.38. The molecule has 0 amide bonds. The Morgan fingerprint density at radius 1 is 1.36 bits per heavy atom. The highest BCUT2D eigenvalue weighted by molar-refractivity contribution is 7.93. The van der Waals surface area contributed by atoms with Crippen LogP contribution in [-0.2, 0) is 24.3 Å². The molecule has 2 aliphatic rings. The summed E-state index contributed by atoms with van der Waals surface area (Å²) in [6.07, 6.45) is 1.60. The summed E-state index contributed by atoms with van der Waals surface area (Å²) in [5, 5.41) is 8.52. The number of benzene rings is 1. The van der Waals surface area contributed by atoms with E-state index in [-0.39, 0.29) is 29.1 Å². The van der Waals surface area contributed by atoms with Crippen molar-refractivity contribution >= 4 is 33.3 Å². The lowest BCUT2D eigenvalue weighted by molar-refractivity contribution is -0.138. The van der Waals surface area contributed by atoms with Crippen molar-refractivity contribution in [1.82, 2.24) is 0 Å². The third-order valence-electron chi connectivity index (χ3n) is 4.34. The van der Waals surface area contributed by atoms with E-state index in [2.05, 4.69) is 4.72 Å². The maximum absolute atomic E-state index is 12.8. The molecule has 0 radical (unpaired) electrons. The number of halogens is 1. The number of nitrogens with one attached hydrogen (secondary N) is 1. The van der Waals surface area contributed by atoms with E-state index in [1.807, 2.05) is 0 Å². The molecule has 136 valence electrons. The van der Waals surface area contributed by atoms with Crippen molar-refractivity contribution in [2.45, 2.75) is 30.8 Å². The van der Waals surface area contributed by atoms with Gasteiger partial charge < -0.3 is 14.6 Å². The summed E-state index contributed by atoms with van der Waals surface area (Å²) in [6.45, 7) is 2.41. The number of ether oxygens (including phenoxy) is 2. The van der Waals surface area contributed by atoms with E-state index in [1.165, 1.54) is 6.08 Å². The summed E-state index contributed by atoms with van der Waals surface area (Å²) in [7, 11) is -4.02. The summed E-state index contributed by atoms with van der Waals surface area (Å²) >= 11 is 6.07. The number of anilines is 1. The van der Waals surface area contributed by atoms with Crippen LogP contribution < -0.4 is 4.72 Å². The van der Waals surface area contributed by atoms with Gasteiger partial charge in [0.15, 0.2) is 5.79 Å². The zero-order chi connectivity index (χ0) is 18.2.